The second-order valence-electron chi connectivity index (χ2n) is 5.69. The Labute approximate surface area is 122 Å². The van der Waals surface area contributed by atoms with E-state index < -0.39 is 17.6 Å². The Hall–Kier alpha value is -2.08. The number of benzene rings is 1. The third-order valence-electron chi connectivity index (χ3n) is 4.22. The van der Waals surface area contributed by atoms with Crippen molar-refractivity contribution in [2.45, 2.75) is 37.3 Å². The number of carboxylic acid groups (broad SMARTS) is 1. The van der Waals surface area contributed by atoms with Gasteiger partial charge >= 0.3 is 5.97 Å². The molecule has 0 radical (unpaired) electrons. The van der Waals surface area contributed by atoms with E-state index in [0.29, 0.717) is 24.3 Å². The summed E-state index contributed by atoms with van der Waals surface area (Å²) in [6.45, 7) is -0.00979. The number of aliphatic carboxylic acids is 1. The number of amides is 1. The number of ether oxygens (including phenoxy) is 1. The van der Waals surface area contributed by atoms with Crippen LogP contribution in [0.15, 0.2) is 24.3 Å². The van der Waals surface area contributed by atoms with Crippen molar-refractivity contribution in [1.29, 1.82) is 0 Å². The summed E-state index contributed by atoms with van der Waals surface area (Å²) in [6.07, 6.45) is 2.08. The maximum absolute atomic E-state index is 12.8. The largest absolute Gasteiger partial charge is 0.478 e. The van der Waals surface area contributed by atoms with Crippen LogP contribution in [0.1, 0.15) is 25.7 Å². The number of para-hydroxylation sites is 2. The van der Waals surface area contributed by atoms with Gasteiger partial charge < -0.3 is 20.5 Å². The first-order chi connectivity index (χ1) is 10.0. The first-order valence-electron chi connectivity index (χ1n) is 7.11. The fraction of sp³-hybridized carbons (Fsp3) is 0.467. The second kappa shape index (κ2) is 5.04. The molecule has 1 amide bonds. The SMILES string of the molecule is NC1(C(=O)N2CC(C(=O)O)Oc3ccccc32)CCCC1. The molecule has 0 aromatic heterocycles. The number of nitrogens with zero attached hydrogens (tertiary/aromatic N) is 1. The lowest BCUT2D eigenvalue weighted by Gasteiger charge is -2.37. The van der Waals surface area contributed by atoms with Crippen LogP contribution < -0.4 is 15.4 Å². The van der Waals surface area contributed by atoms with Gasteiger partial charge in [-0.15, -0.1) is 0 Å². The highest BCUT2D eigenvalue weighted by Gasteiger charge is 2.43. The van der Waals surface area contributed by atoms with Crippen LogP contribution in [0.25, 0.3) is 0 Å². The first kappa shape index (κ1) is 13.9. The molecule has 21 heavy (non-hydrogen) atoms. The van der Waals surface area contributed by atoms with Crippen LogP contribution in [0.5, 0.6) is 5.75 Å². The maximum Gasteiger partial charge on any atom is 0.346 e. The van der Waals surface area contributed by atoms with E-state index in [1.54, 1.807) is 24.3 Å². The number of carboxylic acids is 1. The zero-order valence-corrected chi connectivity index (χ0v) is 11.6. The minimum absolute atomic E-state index is 0.00979. The number of rotatable bonds is 2. The molecule has 1 aliphatic carbocycles. The monoisotopic (exact) mass is 290 g/mol. The van der Waals surface area contributed by atoms with Crippen LogP contribution in [0.3, 0.4) is 0 Å². The zero-order valence-electron chi connectivity index (χ0n) is 11.6. The standard InChI is InChI=1S/C15H18N2O4/c16-15(7-3-4-8-15)14(20)17-9-12(13(18)19)21-11-6-2-1-5-10(11)17/h1-2,5-6,12H,3-4,7-9,16H2,(H,18,19). The number of anilines is 1. The van der Waals surface area contributed by atoms with Crippen molar-refractivity contribution in [2.24, 2.45) is 5.73 Å². The molecule has 112 valence electrons. The normalized spacial score (nSPS) is 23.3. The maximum atomic E-state index is 12.8. The molecule has 6 heteroatoms. The molecular weight excluding hydrogens is 272 g/mol. The number of nitrogens with two attached hydrogens (primary N) is 1. The van der Waals surface area contributed by atoms with Gasteiger partial charge in [0.1, 0.15) is 5.75 Å². The highest BCUT2D eigenvalue weighted by Crippen LogP contribution is 2.37. The van der Waals surface area contributed by atoms with E-state index in [9.17, 15) is 14.7 Å². The van der Waals surface area contributed by atoms with Crippen molar-refractivity contribution in [3.63, 3.8) is 0 Å². The summed E-state index contributed by atoms with van der Waals surface area (Å²) in [4.78, 5) is 25.5. The predicted octanol–water partition coefficient (Wildman–Crippen LogP) is 1.14. The molecule has 1 atom stereocenters. The highest BCUT2D eigenvalue weighted by atomic mass is 16.5. The van der Waals surface area contributed by atoms with Crippen molar-refractivity contribution < 1.29 is 19.4 Å². The van der Waals surface area contributed by atoms with E-state index in [2.05, 4.69) is 0 Å². The summed E-state index contributed by atoms with van der Waals surface area (Å²) in [5.74, 6) is -0.882. The quantitative estimate of drug-likeness (QED) is 0.852. The van der Waals surface area contributed by atoms with Gasteiger partial charge in [0.2, 0.25) is 12.0 Å². The Kier molecular flexibility index (Phi) is 3.33. The van der Waals surface area contributed by atoms with Crippen LogP contribution >= 0.6 is 0 Å². The Morgan fingerprint density at radius 2 is 1.95 bits per heavy atom. The fourth-order valence-corrected chi connectivity index (χ4v) is 3.04. The molecule has 1 aromatic rings. The van der Waals surface area contributed by atoms with Crippen molar-refractivity contribution in [3.8, 4) is 5.75 Å². The lowest BCUT2D eigenvalue weighted by molar-refractivity contribution is -0.145. The van der Waals surface area contributed by atoms with Crippen LogP contribution in [0, 0.1) is 0 Å². The minimum atomic E-state index is -1.08. The molecule has 1 fully saturated rings. The molecule has 1 unspecified atom stereocenters. The van der Waals surface area contributed by atoms with Gasteiger partial charge in [-0.1, -0.05) is 25.0 Å². The summed E-state index contributed by atoms with van der Waals surface area (Å²) in [7, 11) is 0. The van der Waals surface area contributed by atoms with Crippen molar-refractivity contribution in [3.05, 3.63) is 24.3 Å². The lowest BCUT2D eigenvalue weighted by atomic mass is 9.96. The minimum Gasteiger partial charge on any atom is -0.478 e. The van der Waals surface area contributed by atoms with Gasteiger partial charge in [0.25, 0.3) is 0 Å². The fourth-order valence-electron chi connectivity index (χ4n) is 3.04. The van der Waals surface area contributed by atoms with E-state index >= 15 is 0 Å². The summed E-state index contributed by atoms with van der Waals surface area (Å²) < 4.78 is 5.44. The van der Waals surface area contributed by atoms with Crippen LogP contribution in [-0.4, -0.2) is 35.2 Å². The van der Waals surface area contributed by atoms with Gasteiger partial charge in [-0.25, -0.2) is 4.79 Å². The molecule has 3 rings (SSSR count). The van der Waals surface area contributed by atoms with Gasteiger partial charge in [0, 0.05) is 0 Å². The van der Waals surface area contributed by atoms with Crippen molar-refractivity contribution in [1.82, 2.24) is 0 Å². The molecule has 0 bridgehead atoms. The van der Waals surface area contributed by atoms with Gasteiger partial charge in [-0.3, -0.25) is 4.79 Å². The van der Waals surface area contributed by atoms with Crippen LogP contribution in [0.2, 0.25) is 0 Å². The van der Waals surface area contributed by atoms with E-state index in [-0.39, 0.29) is 12.5 Å². The van der Waals surface area contributed by atoms with E-state index in [1.807, 2.05) is 0 Å². The van der Waals surface area contributed by atoms with Gasteiger partial charge in [-0.2, -0.15) is 0 Å². The zero-order chi connectivity index (χ0) is 15.0. The van der Waals surface area contributed by atoms with Crippen molar-refractivity contribution in [2.75, 3.05) is 11.4 Å². The summed E-state index contributed by atoms with van der Waals surface area (Å²) in [6, 6.07) is 6.97. The average molecular weight is 290 g/mol. The molecule has 3 N–H and O–H groups in total. The van der Waals surface area contributed by atoms with Crippen LogP contribution in [0.4, 0.5) is 5.69 Å². The number of hydrogen-bond acceptors (Lipinski definition) is 4. The molecule has 1 aromatic carbocycles. The molecule has 1 heterocycles. The number of carbonyl (C=O) groups excluding carboxylic acids is 1. The molecule has 1 aliphatic heterocycles. The Morgan fingerprint density at radius 1 is 1.29 bits per heavy atom. The molecule has 0 spiro atoms. The highest BCUT2D eigenvalue weighted by molar-refractivity contribution is 6.02. The molecule has 6 nitrogen and oxygen atoms in total. The summed E-state index contributed by atoms with van der Waals surface area (Å²) >= 11 is 0. The van der Waals surface area contributed by atoms with Crippen molar-refractivity contribution >= 4 is 17.6 Å². The Bertz CT molecular complexity index is 581. The van der Waals surface area contributed by atoms with Gasteiger partial charge in [0.15, 0.2) is 0 Å². The molecule has 2 aliphatic rings. The van der Waals surface area contributed by atoms with Gasteiger partial charge in [0.05, 0.1) is 17.8 Å². The third kappa shape index (κ3) is 2.35. The first-order valence-corrected chi connectivity index (χ1v) is 7.11. The van der Waals surface area contributed by atoms with E-state index in [1.165, 1.54) is 4.90 Å². The topological polar surface area (TPSA) is 92.9 Å². The number of carbonyl (C=O) groups is 2. The molecule has 1 saturated carbocycles. The smallest absolute Gasteiger partial charge is 0.346 e. The third-order valence-corrected chi connectivity index (χ3v) is 4.22. The predicted molar refractivity (Wildman–Crippen MR) is 76.2 cm³/mol. The van der Waals surface area contributed by atoms with Crippen LogP contribution in [-0.2, 0) is 9.59 Å². The molecular formula is C15H18N2O4. The summed E-state index contributed by atoms with van der Waals surface area (Å²) in [5.41, 5.74) is 5.95. The average Bonchev–Trinajstić information content (AvgIpc) is 2.93. The number of hydrogen-bond donors (Lipinski definition) is 2. The number of fused-ring (bicyclic) bond motifs is 1. The second-order valence-corrected chi connectivity index (χ2v) is 5.69. The van der Waals surface area contributed by atoms with E-state index in [0.717, 1.165) is 12.8 Å². The van der Waals surface area contributed by atoms with E-state index in [4.69, 9.17) is 10.5 Å². The summed E-state index contributed by atoms with van der Waals surface area (Å²) in [5, 5.41) is 9.20. The lowest BCUT2D eigenvalue weighted by Crippen LogP contribution is -2.57. The Morgan fingerprint density at radius 3 is 2.62 bits per heavy atom. The van der Waals surface area contributed by atoms with Gasteiger partial charge in [-0.05, 0) is 25.0 Å². The Balaban J connectivity index is 1.96. The molecule has 0 saturated heterocycles.